The first-order valence-electron chi connectivity index (χ1n) is 7.95. The summed E-state index contributed by atoms with van der Waals surface area (Å²) < 4.78 is 0. The van der Waals surface area contributed by atoms with Gasteiger partial charge in [-0.05, 0) is 35.3 Å². The molecule has 19 heavy (non-hydrogen) atoms. The standard InChI is InChI=1S/C17H30.C2H6/c1-8-14(9-2)13-17(6,7)16(12-5)15(10-3)11-4;1-2/h10,12,14H,3,5,8-9,11,13H2,1-2,4,6-7H3;1-2H3/b16-15-;. The van der Waals surface area contributed by atoms with Crippen molar-refractivity contribution in [3.8, 4) is 0 Å². The lowest BCUT2D eigenvalue weighted by atomic mass is 9.73. The van der Waals surface area contributed by atoms with Crippen LogP contribution in [0.25, 0.3) is 0 Å². The Hall–Kier alpha value is -0.780. The Morgan fingerprint density at radius 1 is 1.00 bits per heavy atom. The lowest BCUT2D eigenvalue weighted by molar-refractivity contribution is 0.305. The van der Waals surface area contributed by atoms with Crippen LogP contribution in [0.3, 0.4) is 0 Å². The van der Waals surface area contributed by atoms with E-state index in [0.29, 0.717) is 0 Å². The van der Waals surface area contributed by atoms with E-state index in [-0.39, 0.29) is 5.41 Å². The molecule has 0 N–H and O–H groups in total. The molecule has 0 saturated heterocycles. The number of rotatable bonds is 8. The van der Waals surface area contributed by atoms with Crippen LogP contribution >= 0.6 is 0 Å². The van der Waals surface area contributed by atoms with Gasteiger partial charge in [-0.25, -0.2) is 0 Å². The lowest BCUT2D eigenvalue weighted by Gasteiger charge is -2.32. The van der Waals surface area contributed by atoms with Crippen LogP contribution in [0.4, 0.5) is 0 Å². The Labute approximate surface area is 122 Å². The van der Waals surface area contributed by atoms with Gasteiger partial charge in [0.05, 0.1) is 0 Å². The summed E-state index contributed by atoms with van der Waals surface area (Å²) in [5.41, 5.74) is 2.93. The van der Waals surface area contributed by atoms with Gasteiger partial charge in [0.15, 0.2) is 0 Å². The van der Waals surface area contributed by atoms with Gasteiger partial charge in [0.2, 0.25) is 0 Å². The van der Waals surface area contributed by atoms with Gasteiger partial charge in [0.25, 0.3) is 0 Å². The summed E-state index contributed by atoms with van der Waals surface area (Å²) in [5, 5.41) is 0. The minimum absolute atomic E-state index is 0.206. The Balaban J connectivity index is 0. The highest BCUT2D eigenvalue weighted by atomic mass is 14.3. The van der Waals surface area contributed by atoms with E-state index in [1.54, 1.807) is 0 Å². The van der Waals surface area contributed by atoms with Crippen molar-refractivity contribution in [2.75, 3.05) is 0 Å². The summed E-state index contributed by atoms with van der Waals surface area (Å²) in [6, 6.07) is 0. The van der Waals surface area contributed by atoms with Crippen molar-refractivity contribution in [2.45, 2.75) is 74.1 Å². The summed E-state index contributed by atoms with van der Waals surface area (Å²) in [5.74, 6) is 0.808. The molecule has 0 radical (unpaired) electrons. The molecule has 0 unspecified atom stereocenters. The summed E-state index contributed by atoms with van der Waals surface area (Å²) in [6.07, 6.45) is 8.82. The second-order valence-electron chi connectivity index (χ2n) is 5.47. The quantitative estimate of drug-likeness (QED) is 0.416. The Bertz CT molecular complexity index is 274. The zero-order chi connectivity index (χ0) is 15.5. The smallest absolute Gasteiger partial charge is 0.00984 e. The van der Waals surface area contributed by atoms with E-state index in [0.717, 1.165) is 12.3 Å². The lowest BCUT2D eigenvalue weighted by Crippen LogP contribution is -2.19. The SMILES string of the molecule is C=C/C(CC)=C(\C=C)C(C)(C)CC(CC)CC.CC. The molecule has 112 valence electrons. The van der Waals surface area contributed by atoms with Crippen LogP contribution in [0.1, 0.15) is 74.1 Å². The topological polar surface area (TPSA) is 0 Å². The van der Waals surface area contributed by atoms with Gasteiger partial charge >= 0.3 is 0 Å². The molecule has 0 rings (SSSR count). The van der Waals surface area contributed by atoms with E-state index >= 15 is 0 Å². The zero-order valence-corrected chi connectivity index (χ0v) is 14.5. The van der Waals surface area contributed by atoms with Crippen LogP contribution in [0.15, 0.2) is 36.5 Å². The molecule has 0 aromatic heterocycles. The van der Waals surface area contributed by atoms with Crippen molar-refractivity contribution < 1.29 is 0 Å². The highest BCUT2D eigenvalue weighted by Gasteiger charge is 2.25. The van der Waals surface area contributed by atoms with Crippen molar-refractivity contribution in [1.82, 2.24) is 0 Å². The van der Waals surface area contributed by atoms with Crippen LogP contribution in [0.2, 0.25) is 0 Å². The van der Waals surface area contributed by atoms with Crippen LogP contribution in [-0.2, 0) is 0 Å². The van der Waals surface area contributed by atoms with Gasteiger partial charge in [-0.2, -0.15) is 0 Å². The average Bonchev–Trinajstić information content (AvgIpc) is 2.43. The molecule has 0 fully saturated rings. The summed E-state index contributed by atoms with van der Waals surface area (Å²) in [7, 11) is 0. The highest BCUT2D eigenvalue weighted by Crippen LogP contribution is 2.38. The van der Waals surface area contributed by atoms with Gasteiger partial charge in [-0.1, -0.05) is 86.6 Å². The zero-order valence-electron chi connectivity index (χ0n) is 14.5. The van der Waals surface area contributed by atoms with Crippen LogP contribution in [-0.4, -0.2) is 0 Å². The van der Waals surface area contributed by atoms with E-state index < -0.39 is 0 Å². The molecule has 0 atom stereocenters. The molecular weight excluding hydrogens is 228 g/mol. The fourth-order valence-electron chi connectivity index (χ4n) is 2.70. The van der Waals surface area contributed by atoms with Crippen molar-refractivity contribution >= 4 is 0 Å². The molecule has 0 aromatic rings. The van der Waals surface area contributed by atoms with Gasteiger partial charge < -0.3 is 0 Å². The molecule has 0 amide bonds. The molecule has 0 saturated carbocycles. The second-order valence-corrected chi connectivity index (χ2v) is 5.47. The molecular formula is C19H36. The minimum Gasteiger partial charge on any atom is -0.0988 e. The van der Waals surface area contributed by atoms with Gasteiger partial charge in [-0.3, -0.25) is 0 Å². The van der Waals surface area contributed by atoms with Crippen molar-refractivity contribution in [2.24, 2.45) is 11.3 Å². The number of allylic oxidation sites excluding steroid dienone is 4. The molecule has 0 aliphatic rings. The largest absolute Gasteiger partial charge is 0.0988 e. The van der Waals surface area contributed by atoms with Gasteiger partial charge in [-0.15, -0.1) is 0 Å². The van der Waals surface area contributed by atoms with E-state index in [1.165, 1.54) is 30.4 Å². The van der Waals surface area contributed by atoms with E-state index in [4.69, 9.17) is 0 Å². The number of hydrogen-bond donors (Lipinski definition) is 0. The maximum atomic E-state index is 4.00. The van der Waals surface area contributed by atoms with E-state index in [1.807, 2.05) is 26.0 Å². The summed E-state index contributed by atoms with van der Waals surface area (Å²) in [4.78, 5) is 0. The van der Waals surface area contributed by atoms with Crippen molar-refractivity contribution in [3.63, 3.8) is 0 Å². The minimum atomic E-state index is 0.206. The maximum absolute atomic E-state index is 4.00. The molecule has 0 aliphatic heterocycles. The summed E-state index contributed by atoms with van der Waals surface area (Å²) in [6.45, 7) is 23.4. The molecule has 0 heterocycles. The molecule has 0 aliphatic carbocycles. The molecule has 0 nitrogen and oxygen atoms in total. The fourth-order valence-corrected chi connectivity index (χ4v) is 2.70. The molecule has 0 spiro atoms. The molecule has 0 heteroatoms. The Morgan fingerprint density at radius 2 is 1.47 bits per heavy atom. The van der Waals surface area contributed by atoms with Crippen LogP contribution < -0.4 is 0 Å². The third kappa shape index (κ3) is 6.80. The summed E-state index contributed by atoms with van der Waals surface area (Å²) >= 11 is 0. The van der Waals surface area contributed by atoms with Crippen molar-refractivity contribution in [1.29, 1.82) is 0 Å². The normalized spacial score (nSPS) is 12.4. The first kappa shape index (κ1) is 20.5. The maximum Gasteiger partial charge on any atom is -0.00984 e. The van der Waals surface area contributed by atoms with Crippen molar-refractivity contribution in [3.05, 3.63) is 36.5 Å². The Kier molecular flexibility index (Phi) is 12.0. The predicted molar refractivity (Wildman–Crippen MR) is 91.5 cm³/mol. The first-order chi connectivity index (χ1) is 8.96. The monoisotopic (exact) mass is 264 g/mol. The van der Waals surface area contributed by atoms with Gasteiger partial charge in [0, 0.05) is 0 Å². The van der Waals surface area contributed by atoms with E-state index in [2.05, 4.69) is 47.8 Å². The number of hydrogen-bond acceptors (Lipinski definition) is 0. The highest BCUT2D eigenvalue weighted by molar-refractivity contribution is 5.35. The third-order valence-corrected chi connectivity index (χ3v) is 3.86. The van der Waals surface area contributed by atoms with E-state index in [9.17, 15) is 0 Å². The molecule has 0 aromatic carbocycles. The van der Waals surface area contributed by atoms with Crippen LogP contribution in [0.5, 0.6) is 0 Å². The fraction of sp³-hybridized carbons (Fsp3) is 0.684. The second kappa shape index (κ2) is 11.1. The predicted octanol–water partition coefficient (Wildman–Crippen LogP) is 6.94. The Morgan fingerprint density at radius 3 is 1.74 bits per heavy atom. The first-order valence-corrected chi connectivity index (χ1v) is 7.95. The molecule has 0 bridgehead atoms. The third-order valence-electron chi connectivity index (χ3n) is 3.86. The van der Waals surface area contributed by atoms with Crippen LogP contribution in [0, 0.1) is 11.3 Å². The average molecular weight is 264 g/mol. The van der Waals surface area contributed by atoms with Gasteiger partial charge in [0.1, 0.15) is 0 Å².